The van der Waals surface area contributed by atoms with E-state index in [0.717, 1.165) is 63.4 Å². The number of carbonyl (C=O) groups is 2. The minimum absolute atomic E-state index is 0.00570. The number of nitrogens with two attached hydrogens (primary N) is 1. The van der Waals surface area contributed by atoms with Gasteiger partial charge in [-0.15, -0.1) is 0 Å². The monoisotopic (exact) mass is 662 g/mol. The molecular weight excluding hydrogens is 608 g/mol. The lowest BCUT2D eigenvalue weighted by molar-refractivity contribution is -0.192. The van der Waals surface area contributed by atoms with Crippen molar-refractivity contribution in [2.75, 3.05) is 7.11 Å². The summed E-state index contributed by atoms with van der Waals surface area (Å²) < 4.78 is 11.1. The van der Waals surface area contributed by atoms with Gasteiger partial charge in [-0.3, -0.25) is 10.1 Å². The summed E-state index contributed by atoms with van der Waals surface area (Å²) >= 11 is 0. The fourth-order valence-corrected chi connectivity index (χ4v) is 13.3. The first kappa shape index (κ1) is 33.0. The van der Waals surface area contributed by atoms with Crippen molar-refractivity contribution in [2.45, 2.75) is 109 Å². The van der Waals surface area contributed by atoms with Crippen LogP contribution in [0.1, 0.15) is 107 Å². The molecule has 4 saturated carbocycles. The summed E-state index contributed by atoms with van der Waals surface area (Å²) in [4.78, 5) is 26.4. The third kappa shape index (κ3) is 4.19. The van der Waals surface area contributed by atoms with Gasteiger partial charge in [-0.25, -0.2) is 4.79 Å². The molecule has 0 bridgehead atoms. The predicted octanol–water partition coefficient (Wildman–Crippen LogP) is 8.02. The minimum Gasteiger partial charge on any atom is -0.465 e. The highest BCUT2D eigenvalue weighted by Gasteiger charge is 2.81. The maximum Gasteiger partial charge on any atom is 0.337 e. The number of esters is 2. The Hall–Kier alpha value is -3.22. The van der Waals surface area contributed by atoms with Gasteiger partial charge in [0.2, 0.25) is 0 Å². The van der Waals surface area contributed by atoms with Crippen LogP contribution in [-0.2, 0) is 20.9 Å². The molecule has 2 aromatic carbocycles. The first-order valence-electron chi connectivity index (χ1n) is 18.6. The number of ether oxygens (including phenoxy) is 2. The number of fused-ring (bicyclic) bond motifs is 6. The maximum atomic E-state index is 14.3. The van der Waals surface area contributed by atoms with Crippen molar-refractivity contribution >= 4 is 17.5 Å². The molecule has 1 unspecified atom stereocenters. The second kappa shape index (κ2) is 10.9. The number of benzene rings is 2. The van der Waals surface area contributed by atoms with Crippen LogP contribution in [0.15, 0.2) is 72.8 Å². The van der Waals surface area contributed by atoms with E-state index in [1.165, 1.54) is 23.8 Å². The van der Waals surface area contributed by atoms with Gasteiger partial charge in [0.15, 0.2) is 0 Å². The molecule has 3 N–H and O–H groups in total. The summed E-state index contributed by atoms with van der Waals surface area (Å²) in [5, 5.41) is 4.13. The highest BCUT2D eigenvalue weighted by Crippen LogP contribution is 2.77. The van der Waals surface area contributed by atoms with Gasteiger partial charge in [0.1, 0.15) is 6.61 Å². The molecular formula is C43H54N2O4. The van der Waals surface area contributed by atoms with E-state index < -0.39 is 5.41 Å². The molecule has 6 aliphatic rings. The van der Waals surface area contributed by atoms with Gasteiger partial charge in [-0.2, -0.15) is 0 Å². The Labute approximate surface area is 292 Å². The number of hydrogen-bond donors (Lipinski definition) is 2. The van der Waals surface area contributed by atoms with Crippen LogP contribution in [0.4, 0.5) is 0 Å². The number of allylic oxidation sites excluding steroid dienone is 2. The molecule has 260 valence electrons. The smallest absolute Gasteiger partial charge is 0.337 e. The maximum absolute atomic E-state index is 14.3. The number of nitrogens with one attached hydrogen (secondary N) is 1. The van der Waals surface area contributed by atoms with Gasteiger partial charge in [0.25, 0.3) is 0 Å². The first-order valence-corrected chi connectivity index (χ1v) is 18.6. The van der Waals surface area contributed by atoms with Crippen LogP contribution in [0, 0.1) is 39.9 Å². The van der Waals surface area contributed by atoms with Crippen LogP contribution in [0.3, 0.4) is 0 Å². The lowest BCUT2D eigenvalue weighted by Gasteiger charge is -2.70. The normalized spacial score (nSPS) is 43.0. The second-order valence-electron chi connectivity index (χ2n) is 17.4. The van der Waals surface area contributed by atoms with Crippen LogP contribution in [0.5, 0.6) is 0 Å². The Balaban J connectivity index is 1.10. The first-order chi connectivity index (χ1) is 23.3. The summed E-state index contributed by atoms with van der Waals surface area (Å²) in [6, 6.07) is 18.0. The SMILES string of the molecule is C=C(C)[C@@H]1CC[C@]2(C(=O)OCc3ccccc3)CC[C@]3(N)[C@H](CC[C@H]4[C@@]3(C)CC[C@@]35NC3(C)C(c3ccc(C(=O)OC)cc3)=CC[C@]45C)[C@@H]12. The second-order valence-corrected chi connectivity index (χ2v) is 17.4. The summed E-state index contributed by atoms with van der Waals surface area (Å²) in [5.41, 5.74) is 12.3. The van der Waals surface area contributed by atoms with Crippen LogP contribution in [-0.4, -0.2) is 35.7 Å². The van der Waals surface area contributed by atoms with E-state index in [1.807, 2.05) is 42.5 Å². The van der Waals surface area contributed by atoms with E-state index in [9.17, 15) is 9.59 Å². The number of hydrogen-bond acceptors (Lipinski definition) is 6. The van der Waals surface area contributed by atoms with E-state index in [2.05, 4.69) is 57.8 Å². The van der Waals surface area contributed by atoms with E-state index in [0.29, 0.717) is 24.0 Å². The third-order valence-electron chi connectivity index (χ3n) is 15.8. The quantitative estimate of drug-likeness (QED) is 0.185. The van der Waals surface area contributed by atoms with Crippen LogP contribution in [0.2, 0.25) is 0 Å². The van der Waals surface area contributed by atoms with Crippen molar-refractivity contribution in [1.29, 1.82) is 0 Å². The number of carbonyl (C=O) groups excluding carboxylic acids is 2. The average Bonchev–Trinajstić information content (AvgIpc) is 3.55. The Morgan fingerprint density at radius 2 is 1.65 bits per heavy atom. The van der Waals surface area contributed by atoms with Crippen molar-refractivity contribution in [3.8, 4) is 0 Å². The molecule has 49 heavy (non-hydrogen) atoms. The topological polar surface area (TPSA) is 101 Å². The van der Waals surface area contributed by atoms with Gasteiger partial charge < -0.3 is 15.2 Å². The van der Waals surface area contributed by atoms with Crippen LogP contribution >= 0.6 is 0 Å². The average molecular weight is 663 g/mol. The van der Waals surface area contributed by atoms with Crippen molar-refractivity contribution in [1.82, 2.24) is 5.32 Å². The summed E-state index contributed by atoms with van der Waals surface area (Å²) in [6.07, 6.45) is 11.3. The largest absolute Gasteiger partial charge is 0.465 e. The Bertz CT molecular complexity index is 1740. The predicted molar refractivity (Wildman–Crippen MR) is 192 cm³/mol. The number of rotatable bonds is 6. The van der Waals surface area contributed by atoms with Crippen molar-refractivity contribution < 1.29 is 19.1 Å². The molecule has 1 heterocycles. The summed E-state index contributed by atoms with van der Waals surface area (Å²) in [7, 11) is 1.42. The molecule has 5 fully saturated rings. The highest BCUT2D eigenvalue weighted by molar-refractivity contribution is 5.90. The van der Waals surface area contributed by atoms with Crippen molar-refractivity contribution in [3.05, 3.63) is 89.5 Å². The summed E-state index contributed by atoms with van der Waals surface area (Å²) in [5.74, 6) is 0.863. The molecule has 1 spiro atoms. The van der Waals surface area contributed by atoms with Gasteiger partial charge >= 0.3 is 11.9 Å². The lowest BCUT2D eigenvalue weighted by atomic mass is 9.35. The van der Waals surface area contributed by atoms with Gasteiger partial charge in [-0.05, 0) is 135 Å². The molecule has 0 aromatic heterocycles. The van der Waals surface area contributed by atoms with Gasteiger partial charge in [0, 0.05) is 11.1 Å². The molecule has 0 radical (unpaired) electrons. The van der Waals surface area contributed by atoms with Crippen LogP contribution in [0.25, 0.3) is 5.57 Å². The molecule has 1 aliphatic heterocycles. The molecule has 1 saturated heterocycles. The van der Waals surface area contributed by atoms with E-state index in [-0.39, 0.29) is 51.2 Å². The standard InChI is InChI=1S/C43H54N2O4/c1-27(2)31-18-21-41(37(47)49-26-28-10-8-7-9-11-28)23-24-42(44)33(35(31)41)16-17-34-38(42,3)22-25-43-39(34,4)20-19-32(40(43,5)45-43)29-12-14-30(15-13-29)36(46)48-6/h7-15,19,31,33-35,45H,1,16-18,20-26,44H2,2-6H3/t31-,33+,34-,35+,38+,39+,40?,41-,42-,43-/m0/s1. The molecule has 2 aromatic rings. The highest BCUT2D eigenvalue weighted by atomic mass is 16.5. The molecule has 5 aliphatic carbocycles. The van der Waals surface area contributed by atoms with Crippen molar-refractivity contribution in [3.63, 3.8) is 0 Å². The molecule has 10 atom stereocenters. The number of methoxy groups -OCH3 is 1. The van der Waals surface area contributed by atoms with Crippen LogP contribution < -0.4 is 11.1 Å². The Kier molecular flexibility index (Phi) is 7.32. The molecule has 6 heteroatoms. The zero-order valence-electron chi connectivity index (χ0n) is 30.1. The Morgan fingerprint density at radius 1 is 0.918 bits per heavy atom. The molecule has 0 amide bonds. The zero-order chi connectivity index (χ0) is 34.6. The van der Waals surface area contributed by atoms with Gasteiger partial charge in [-0.1, -0.05) is 74.5 Å². The molecule has 6 nitrogen and oxygen atoms in total. The lowest BCUT2D eigenvalue weighted by Crippen LogP contribution is -2.74. The Morgan fingerprint density at radius 3 is 2.35 bits per heavy atom. The minimum atomic E-state index is -0.489. The van der Waals surface area contributed by atoms with E-state index in [1.54, 1.807) is 0 Å². The third-order valence-corrected chi connectivity index (χ3v) is 15.8. The van der Waals surface area contributed by atoms with E-state index >= 15 is 0 Å². The van der Waals surface area contributed by atoms with Gasteiger partial charge in [0.05, 0.1) is 23.6 Å². The fourth-order valence-electron chi connectivity index (χ4n) is 13.3. The fraction of sp³-hybridized carbons (Fsp3) is 0.581. The zero-order valence-corrected chi connectivity index (χ0v) is 30.1. The molecule has 8 rings (SSSR count). The summed E-state index contributed by atoms with van der Waals surface area (Å²) in [6.45, 7) is 14.4. The van der Waals surface area contributed by atoms with Crippen molar-refractivity contribution in [2.24, 2.45) is 45.7 Å². The van der Waals surface area contributed by atoms with E-state index in [4.69, 9.17) is 15.2 Å².